The smallest absolute Gasteiger partial charge is 0.251 e. The molecule has 0 bridgehead atoms. The van der Waals surface area contributed by atoms with E-state index >= 15 is 0 Å². The van der Waals surface area contributed by atoms with Crippen LogP contribution >= 0.6 is 0 Å². The fourth-order valence-electron chi connectivity index (χ4n) is 3.02. The third-order valence-corrected chi connectivity index (χ3v) is 4.27. The second kappa shape index (κ2) is 6.70. The van der Waals surface area contributed by atoms with E-state index in [0.717, 1.165) is 31.2 Å². The number of aromatic amines is 1. The second-order valence-corrected chi connectivity index (χ2v) is 5.72. The van der Waals surface area contributed by atoms with Crippen LogP contribution in [0.3, 0.4) is 0 Å². The maximum Gasteiger partial charge on any atom is 0.251 e. The molecule has 6 nitrogen and oxygen atoms in total. The van der Waals surface area contributed by atoms with Crippen LogP contribution in [0.1, 0.15) is 36.0 Å². The van der Waals surface area contributed by atoms with E-state index in [1.165, 1.54) is 6.33 Å². The van der Waals surface area contributed by atoms with Crippen molar-refractivity contribution in [1.29, 1.82) is 0 Å². The molecule has 1 heterocycles. The zero-order chi connectivity index (χ0) is 15.4. The van der Waals surface area contributed by atoms with Crippen LogP contribution in [-0.2, 0) is 0 Å². The van der Waals surface area contributed by atoms with E-state index < -0.39 is 0 Å². The SMILES string of the molecule is O=C(NC1CCCCC1CO)c1cccc(-c2ncn[nH]2)c1. The monoisotopic (exact) mass is 300 g/mol. The average molecular weight is 300 g/mol. The lowest BCUT2D eigenvalue weighted by atomic mass is 9.85. The quantitative estimate of drug-likeness (QED) is 0.802. The fourth-order valence-corrected chi connectivity index (χ4v) is 3.02. The zero-order valence-corrected chi connectivity index (χ0v) is 12.3. The lowest BCUT2D eigenvalue weighted by Gasteiger charge is -2.30. The highest BCUT2D eigenvalue weighted by Crippen LogP contribution is 2.24. The normalized spacial score (nSPS) is 21.5. The minimum absolute atomic E-state index is 0.0557. The highest BCUT2D eigenvalue weighted by Gasteiger charge is 2.26. The summed E-state index contributed by atoms with van der Waals surface area (Å²) in [5.41, 5.74) is 1.42. The molecule has 0 aliphatic heterocycles. The van der Waals surface area contributed by atoms with Crippen LogP contribution in [0.5, 0.6) is 0 Å². The summed E-state index contributed by atoms with van der Waals surface area (Å²) >= 11 is 0. The number of aliphatic hydroxyl groups excluding tert-OH is 1. The molecule has 6 heteroatoms. The summed E-state index contributed by atoms with van der Waals surface area (Å²) in [5, 5.41) is 19.1. The largest absolute Gasteiger partial charge is 0.396 e. The molecule has 1 aromatic carbocycles. The van der Waals surface area contributed by atoms with Crippen LogP contribution in [0, 0.1) is 5.92 Å². The van der Waals surface area contributed by atoms with Gasteiger partial charge in [0, 0.05) is 29.7 Å². The van der Waals surface area contributed by atoms with E-state index in [1.807, 2.05) is 12.1 Å². The Morgan fingerprint density at radius 3 is 3.00 bits per heavy atom. The molecule has 1 saturated carbocycles. The Labute approximate surface area is 129 Å². The molecule has 1 aliphatic carbocycles. The number of aliphatic hydroxyl groups is 1. The van der Waals surface area contributed by atoms with Gasteiger partial charge in [-0.3, -0.25) is 9.89 Å². The number of hydrogen-bond donors (Lipinski definition) is 3. The first-order chi connectivity index (χ1) is 10.8. The summed E-state index contributed by atoms with van der Waals surface area (Å²) in [6.45, 7) is 0.128. The van der Waals surface area contributed by atoms with Gasteiger partial charge in [-0.15, -0.1) is 0 Å². The van der Waals surface area contributed by atoms with Crippen LogP contribution in [0.25, 0.3) is 11.4 Å². The van der Waals surface area contributed by atoms with E-state index in [1.54, 1.807) is 12.1 Å². The van der Waals surface area contributed by atoms with Crippen molar-refractivity contribution >= 4 is 5.91 Å². The standard InChI is InChI=1S/C16H20N4O2/c21-9-13-4-1-2-7-14(13)19-16(22)12-6-3-5-11(8-12)15-17-10-18-20-15/h3,5-6,8,10,13-14,21H,1-2,4,7,9H2,(H,19,22)(H,17,18,20). The first kappa shape index (κ1) is 14.7. The molecule has 1 aromatic heterocycles. The molecule has 1 amide bonds. The van der Waals surface area contributed by atoms with Gasteiger partial charge < -0.3 is 10.4 Å². The Hall–Kier alpha value is -2.21. The molecule has 0 radical (unpaired) electrons. The molecule has 3 N–H and O–H groups in total. The Balaban J connectivity index is 1.73. The second-order valence-electron chi connectivity index (χ2n) is 5.72. The molecule has 22 heavy (non-hydrogen) atoms. The van der Waals surface area contributed by atoms with E-state index in [2.05, 4.69) is 20.5 Å². The van der Waals surface area contributed by atoms with Crippen LogP contribution in [-0.4, -0.2) is 38.8 Å². The highest BCUT2D eigenvalue weighted by atomic mass is 16.3. The first-order valence-electron chi connectivity index (χ1n) is 7.65. The fraction of sp³-hybridized carbons (Fsp3) is 0.438. The predicted octanol–water partition coefficient (Wildman–Crippen LogP) is 1.75. The Bertz CT molecular complexity index is 627. The maximum atomic E-state index is 12.5. The molecule has 0 spiro atoms. The van der Waals surface area contributed by atoms with Gasteiger partial charge in [0.15, 0.2) is 5.82 Å². The molecular formula is C16H20N4O2. The van der Waals surface area contributed by atoms with E-state index in [4.69, 9.17) is 0 Å². The van der Waals surface area contributed by atoms with Crippen LogP contribution in [0.4, 0.5) is 0 Å². The van der Waals surface area contributed by atoms with Crippen molar-refractivity contribution in [2.24, 2.45) is 5.92 Å². The number of rotatable bonds is 4. The van der Waals surface area contributed by atoms with Crippen molar-refractivity contribution < 1.29 is 9.90 Å². The lowest BCUT2D eigenvalue weighted by molar-refractivity contribution is 0.0872. The van der Waals surface area contributed by atoms with Crippen LogP contribution < -0.4 is 5.32 Å². The molecule has 3 rings (SSSR count). The summed E-state index contributed by atoms with van der Waals surface area (Å²) in [4.78, 5) is 16.6. The van der Waals surface area contributed by atoms with Crippen molar-refractivity contribution in [1.82, 2.24) is 20.5 Å². The Kier molecular flexibility index (Phi) is 4.48. The van der Waals surface area contributed by atoms with E-state index in [9.17, 15) is 9.90 Å². The van der Waals surface area contributed by atoms with Gasteiger partial charge in [0.1, 0.15) is 6.33 Å². The van der Waals surface area contributed by atoms with Gasteiger partial charge >= 0.3 is 0 Å². The number of benzene rings is 1. The molecule has 116 valence electrons. The van der Waals surface area contributed by atoms with Gasteiger partial charge in [0.25, 0.3) is 5.91 Å². The number of carbonyl (C=O) groups is 1. The number of nitrogens with one attached hydrogen (secondary N) is 2. The lowest BCUT2D eigenvalue weighted by Crippen LogP contribution is -2.43. The first-order valence-corrected chi connectivity index (χ1v) is 7.65. The molecule has 1 fully saturated rings. The number of nitrogens with zero attached hydrogens (tertiary/aromatic N) is 2. The zero-order valence-electron chi connectivity index (χ0n) is 12.3. The summed E-state index contributed by atoms with van der Waals surface area (Å²) in [6.07, 6.45) is 5.56. The van der Waals surface area contributed by atoms with E-state index in [0.29, 0.717) is 11.4 Å². The third kappa shape index (κ3) is 3.17. The average Bonchev–Trinajstić information content (AvgIpc) is 3.10. The third-order valence-electron chi connectivity index (χ3n) is 4.27. The van der Waals surface area contributed by atoms with Gasteiger partial charge in [-0.1, -0.05) is 25.0 Å². The summed E-state index contributed by atoms with van der Waals surface area (Å²) in [6, 6.07) is 7.35. The molecule has 2 unspecified atom stereocenters. The van der Waals surface area contributed by atoms with Crippen molar-refractivity contribution in [3.63, 3.8) is 0 Å². The van der Waals surface area contributed by atoms with Crippen molar-refractivity contribution in [3.8, 4) is 11.4 Å². The molecule has 2 aromatic rings. The minimum atomic E-state index is -0.105. The van der Waals surface area contributed by atoms with Gasteiger partial charge in [-0.05, 0) is 25.0 Å². The highest BCUT2D eigenvalue weighted by molar-refractivity contribution is 5.95. The summed E-state index contributed by atoms with van der Waals surface area (Å²) < 4.78 is 0. The van der Waals surface area contributed by atoms with Gasteiger partial charge in [0.2, 0.25) is 0 Å². The van der Waals surface area contributed by atoms with E-state index in [-0.39, 0.29) is 24.5 Å². The maximum absolute atomic E-state index is 12.5. The summed E-state index contributed by atoms with van der Waals surface area (Å²) in [5.74, 6) is 0.697. The van der Waals surface area contributed by atoms with Crippen molar-refractivity contribution in [2.45, 2.75) is 31.7 Å². The van der Waals surface area contributed by atoms with Crippen molar-refractivity contribution in [2.75, 3.05) is 6.61 Å². The summed E-state index contributed by atoms with van der Waals surface area (Å²) in [7, 11) is 0. The van der Waals surface area contributed by atoms with Crippen molar-refractivity contribution in [3.05, 3.63) is 36.2 Å². The number of H-pyrrole nitrogens is 1. The molecule has 0 saturated heterocycles. The topological polar surface area (TPSA) is 90.9 Å². The minimum Gasteiger partial charge on any atom is -0.396 e. The molecule has 2 atom stereocenters. The predicted molar refractivity (Wildman–Crippen MR) is 82.1 cm³/mol. The number of amides is 1. The van der Waals surface area contributed by atoms with Gasteiger partial charge in [-0.25, -0.2) is 4.98 Å². The number of hydrogen-bond acceptors (Lipinski definition) is 4. The number of carbonyl (C=O) groups excluding carboxylic acids is 1. The van der Waals surface area contributed by atoms with Gasteiger partial charge in [0.05, 0.1) is 0 Å². The number of aromatic nitrogens is 3. The Morgan fingerprint density at radius 2 is 2.23 bits per heavy atom. The molecule has 1 aliphatic rings. The molecular weight excluding hydrogens is 280 g/mol. The van der Waals surface area contributed by atoms with Crippen LogP contribution in [0.15, 0.2) is 30.6 Å². The van der Waals surface area contributed by atoms with Crippen LogP contribution in [0.2, 0.25) is 0 Å². The van der Waals surface area contributed by atoms with Gasteiger partial charge in [-0.2, -0.15) is 5.10 Å². The Morgan fingerprint density at radius 1 is 1.36 bits per heavy atom.